The first-order valence-electron chi connectivity index (χ1n) is 5.25. The molecule has 0 aliphatic heterocycles. The molecule has 1 rings (SSSR count). The van der Waals surface area contributed by atoms with Crippen molar-refractivity contribution >= 4 is 5.91 Å². The summed E-state index contributed by atoms with van der Waals surface area (Å²) >= 11 is 0. The second-order valence-corrected chi connectivity index (χ2v) is 3.69. The normalized spacial score (nSPS) is 12.1. The fourth-order valence-electron chi connectivity index (χ4n) is 1.31. The summed E-state index contributed by atoms with van der Waals surface area (Å²) in [6, 6.07) is 10.1. The summed E-state index contributed by atoms with van der Waals surface area (Å²) in [7, 11) is 0. The number of nitrogens with one attached hydrogen (secondary N) is 1. The molecule has 1 aromatic carbocycles. The van der Waals surface area contributed by atoms with Crippen LogP contribution in [0, 0.1) is 0 Å². The minimum atomic E-state index is 0.0632. The lowest BCUT2D eigenvalue weighted by Crippen LogP contribution is -2.37. The average Bonchev–Trinajstić information content (AvgIpc) is 2.27. The van der Waals surface area contributed by atoms with Gasteiger partial charge in [0.15, 0.2) is 0 Å². The molecule has 0 aliphatic rings. The Morgan fingerprint density at radius 2 is 2.07 bits per heavy atom. The van der Waals surface area contributed by atoms with Gasteiger partial charge < -0.3 is 11.1 Å². The highest BCUT2D eigenvalue weighted by Gasteiger charge is 2.05. The van der Waals surface area contributed by atoms with Crippen LogP contribution in [0.2, 0.25) is 0 Å². The minimum Gasteiger partial charge on any atom is -0.352 e. The average molecular weight is 206 g/mol. The number of amides is 1. The first-order chi connectivity index (χ1) is 7.22. The van der Waals surface area contributed by atoms with Crippen molar-refractivity contribution in [1.29, 1.82) is 0 Å². The second kappa shape index (κ2) is 6.19. The SMILES string of the molecule is C[C@@H](CN)NC(=O)CCc1ccccc1. The lowest BCUT2D eigenvalue weighted by atomic mass is 10.1. The third kappa shape index (κ3) is 4.61. The van der Waals surface area contributed by atoms with Gasteiger partial charge in [-0.05, 0) is 18.9 Å². The van der Waals surface area contributed by atoms with Crippen LogP contribution in [0.5, 0.6) is 0 Å². The van der Waals surface area contributed by atoms with Gasteiger partial charge in [0.05, 0.1) is 0 Å². The summed E-state index contributed by atoms with van der Waals surface area (Å²) < 4.78 is 0. The molecule has 0 aromatic heterocycles. The summed E-state index contributed by atoms with van der Waals surface area (Å²) in [6.45, 7) is 2.39. The summed E-state index contributed by atoms with van der Waals surface area (Å²) in [6.07, 6.45) is 1.30. The topological polar surface area (TPSA) is 55.1 Å². The highest BCUT2D eigenvalue weighted by atomic mass is 16.1. The van der Waals surface area contributed by atoms with E-state index in [1.165, 1.54) is 5.56 Å². The van der Waals surface area contributed by atoms with E-state index in [1.54, 1.807) is 0 Å². The molecule has 3 N–H and O–H groups in total. The van der Waals surface area contributed by atoms with Gasteiger partial charge in [-0.2, -0.15) is 0 Å². The Bertz CT molecular complexity index is 298. The minimum absolute atomic E-state index is 0.0632. The van der Waals surface area contributed by atoms with E-state index in [0.717, 1.165) is 6.42 Å². The molecule has 1 amide bonds. The van der Waals surface area contributed by atoms with Crippen molar-refractivity contribution in [3.05, 3.63) is 35.9 Å². The molecule has 0 fully saturated rings. The van der Waals surface area contributed by atoms with Crippen LogP contribution in [0.4, 0.5) is 0 Å². The summed E-state index contributed by atoms with van der Waals surface area (Å²) in [4.78, 5) is 11.4. The van der Waals surface area contributed by atoms with E-state index in [2.05, 4.69) is 5.32 Å². The van der Waals surface area contributed by atoms with Crippen molar-refractivity contribution in [2.24, 2.45) is 5.73 Å². The molecular formula is C12H18N2O. The quantitative estimate of drug-likeness (QED) is 0.757. The molecule has 0 bridgehead atoms. The van der Waals surface area contributed by atoms with Crippen LogP contribution in [-0.2, 0) is 11.2 Å². The van der Waals surface area contributed by atoms with E-state index in [9.17, 15) is 4.79 Å². The van der Waals surface area contributed by atoms with Gasteiger partial charge in [0.2, 0.25) is 5.91 Å². The zero-order valence-electron chi connectivity index (χ0n) is 9.07. The van der Waals surface area contributed by atoms with E-state index in [-0.39, 0.29) is 11.9 Å². The van der Waals surface area contributed by atoms with Crippen LogP contribution in [0.1, 0.15) is 18.9 Å². The van der Waals surface area contributed by atoms with Gasteiger partial charge in [0.25, 0.3) is 0 Å². The van der Waals surface area contributed by atoms with Crippen LogP contribution >= 0.6 is 0 Å². The number of carbonyl (C=O) groups excluding carboxylic acids is 1. The standard InChI is InChI=1S/C12H18N2O/c1-10(9-13)14-12(15)8-7-11-5-3-2-4-6-11/h2-6,10H,7-9,13H2,1H3,(H,14,15)/t10-/m0/s1. The fourth-order valence-corrected chi connectivity index (χ4v) is 1.31. The maximum absolute atomic E-state index is 11.4. The van der Waals surface area contributed by atoms with Gasteiger partial charge in [-0.15, -0.1) is 0 Å². The zero-order valence-corrected chi connectivity index (χ0v) is 9.07. The van der Waals surface area contributed by atoms with E-state index in [1.807, 2.05) is 37.3 Å². The number of hydrogen-bond acceptors (Lipinski definition) is 2. The molecule has 0 unspecified atom stereocenters. The molecule has 1 atom stereocenters. The van der Waals surface area contributed by atoms with Crippen LogP contribution in [0.3, 0.4) is 0 Å². The highest BCUT2D eigenvalue weighted by molar-refractivity contribution is 5.76. The Hall–Kier alpha value is -1.35. The molecule has 1 aromatic rings. The van der Waals surface area contributed by atoms with Gasteiger partial charge in [-0.25, -0.2) is 0 Å². The first-order valence-corrected chi connectivity index (χ1v) is 5.25. The number of carbonyl (C=O) groups is 1. The lowest BCUT2D eigenvalue weighted by Gasteiger charge is -2.10. The molecule has 0 saturated heterocycles. The Kier molecular flexibility index (Phi) is 4.84. The molecular weight excluding hydrogens is 188 g/mol. The first kappa shape index (κ1) is 11.7. The number of rotatable bonds is 5. The summed E-state index contributed by atoms with van der Waals surface area (Å²) in [5, 5.41) is 2.84. The highest BCUT2D eigenvalue weighted by Crippen LogP contribution is 2.02. The van der Waals surface area contributed by atoms with Crippen molar-refractivity contribution in [2.45, 2.75) is 25.8 Å². The summed E-state index contributed by atoms with van der Waals surface area (Å²) in [5.74, 6) is 0.0665. The predicted molar refractivity (Wildman–Crippen MR) is 61.4 cm³/mol. The van der Waals surface area contributed by atoms with Gasteiger partial charge in [-0.3, -0.25) is 4.79 Å². The third-order valence-electron chi connectivity index (χ3n) is 2.24. The van der Waals surface area contributed by atoms with E-state index >= 15 is 0 Å². The van der Waals surface area contributed by atoms with Crippen molar-refractivity contribution < 1.29 is 4.79 Å². The van der Waals surface area contributed by atoms with Crippen LogP contribution in [0.25, 0.3) is 0 Å². The molecule has 0 aliphatic carbocycles. The van der Waals surface area contributed by atoms with Gasteiger partial charge in [0, 0.05) is 19.0 Å². The van der Waals surface area contributed by atoms with E-state index < -0.39 is 0 Å². The Morgan fingerprint density at radius 3 is 2.67 bits per heavy atom. The second-order valence-electron chi connectivity index (χ2n) is 3.69. The van der Waals surface area contributed by atoms with Crippen LogP contribution in [0.15, 0.2) is 30.3 Å². The molecule has 0 saturated carbocycles. The monoisotopic (exact) mass is 206 g/mol. The zero-order chi connectivity index (χ0) is 11.1. The largest absolute Gasteiger partial charge is 0.352 e. The van der Waals surface area contributed by atoms with Crippen molar-refractivity contribution in [3.63, 3.8) is 0 Å². The van der Waals surface area contributed by atoms with E-state index in [4.69, 9.17) is 5.73 Å². The van der Waals surface area contributed by atoms with Crippen LogP contribution in [-0.4, -0.2) is 18.5 Å². The number of aryl methyl sites for hydroxylation is 1. The predicted octanol–water partition coefficient (Wildman–Crippen LogP) is 1.08. The van der Waals surface area contributed by atoms with Crippen molar-refractivity contribution in [2.75, 3.05) is 6.54 Å². The number of nitrogens with two attached hydrogens (primary N) is 1. The maximum Gasteiger partial charge on any atom is 0.220 e. The molecule has 0 radical (unpaired) electrons. The van der Waals surface area contributed by atoms with Gasteiger partial charge in [0.1, 0.15) is 0 Å². The molecule has 3 nitrogen and oxygen atoms in total. The Labute approximate surface area is 90.7 Å². The number of benzene rings is 1. The molecule has 82 valence electrons. The fraction of sp³-hybridized carbons (Fsp3) is 0.417. The van der Waals surface area contributed by atoms with E-state index in [0.29, 0.717) is 13.0 Å². The summed E-state index contributed by atoms with van der Waals surface area (Å²) in [5.41, 5.74) is 6.60. The number of hydrogen-bond donors (Lipinski definition) is 2. The molecule has 0 spiro atoms. The van der Waals surface area contributed by atoms with Crippen molar-refractivity contribution in [3.8, 4) is 0 Å². The third-order valence-corrected chi connectivity index (χ3v) is 2.24. The molecule has 3 heteroatoms. The van der Waals surface area contributed by atoms with Crippen molar-refractivity contribution in [1.82, 2.24) is 5.32 Å². The Morgan fingerprint density at radius 1 is 1.40 bits per heavy atom. The molecule has 15 heavy (non-hydrogen) atoms. The maximum atomic E-state index is 11.4. The lowest BCUT2D eigenvalue weighted by molar-refractivity contribution is -0.121. The van der Waals surface area contributed by atoms with Crippen LogP contribution < -0.4 is 11.1 Å². The molecule has 0 heterocycles. The van der Waals surface area contributed by atoms with Gasteiger partial charge >= 0.3 is 0 Å². The van der Waals surface area contributed by atoms with Gasteiger partial charge in [-0.1, -0.05) is 30.3 Å². The Balaban J connectivity index is 2.29. The smallest absolute Gasteiger partial charge is 0.220 e.